The number of rotatable bonds is 0. The largest absolute Gasteiger partial charge is 0.311 e. The minimum Gasteiger partial charge on any atom is -0.311 e. The molecule has 2 heterocycles. The van der Waals surface area contributed by atoms with Crippen LogP contribution < -0.4 is 5.32 Å². The van der Waals surface area contributed by atoms with E-state index >= 15 is 0 Å². The second-order valence-corrected chi connectivity index (χ2v) is 3.52. The summed E-state index contributed by atoms with van der Waals surface area (Å²) in [7, 11) is 0. The number of aryl methyl sites for hydroxylation is 1. The molecule has 0 bridgehead atoms. The standard InChI is InChI=1S/C7H10BrN3/c8-7-4-6-5-9-2-1-3-11(6)10-7/h4,9H,1-3,5H2. The number of hydrogen-bond donors (Lipinski definition) is 1. The van der Waals surface area contributed by atoms with Gasteiger partial charge in [0.25, 0.3) is 0 Å². The smallest absolute Gasteiger partial charge is 0.128 e. The maximum absolute atomic E-state index is 4.30. The topological polar surface area (TPSA) is 29.9 Å². The molecule has 1 aliphatic heterocycles. The molecule has 0 saturated heterocycles. The molecule has 0 spiro atoms. The molecule has 0 atom stereocenters. The molecule has 0 unspecified atom stereocenters. The number of halogens is 1. The summed E-state index contributed by atoms with van der Waals surface area (Å²) in [6.45, 7) is 3.08. The average Bonchev–Trinajstić information content (AvgIpc) is 2.17. The van der Waals surface area contributed by atoms with Crippen LogP contribution in [0.2, 0.25) is 0 Å². The normalized spacial score (nSPS) is 17.5. The third-order valence-electron chi connectivity index (χ3n) is 1.86. The Kier molecular flexibility index (Phi) is 1.96. The summed E-state index contributed by atoms with van der Waals surface area (Å²) in [4.78, 5) is 0. The van der Waals surface area contributed by atoms with Crippen LogP contribution in [-0.4, -0.2) is 16.3 Å². The van der Waals surface area contributed by atoms with Gasteiger partial charge in [-0.05, 0) is 35.0 Å². The lowest BCUT2D eigenvalue weighted by atomic mass is 10.4. The van der Waals surface area contributed by atoms with Crippen molar-refractivity contribution in [2.45, 2.75) is 19.5 Å². The van der Waals surface area contributed by atoms with Gasteiger partial charge in [-0.1, -0.05) is 0 Å². The van der Waals surface area contributed by atoms with Crippen molar-refractivity contribution in [1.29, 1.82) is 0 Å². The molecule has 4 heteroatoms. The van der Waals surface area contributed by atoms with Gasteiger partial charge in [0.1, 0.15) is 4.60 Å². The molecular formula is C7H10BrN3. The molecule has 0 fully saturated rings. The zero-order valence-electron chi connectivity index (χ0n) is 6.18. The van der Waals surface area contributed by atoms with Crippen LogP contribution in [0.3, 0.4) is 0 Å². The molecule has 0 radical (unpaired) electrons. The van der Waals surface area contributed by atoms with Crippen LogP contribution in [0.5, 0.6) is 0 Å². The monoisotopic (exact) mass is 215 g/mol. The van der Waals surface area contributed by atoms with Crippen LogP contribution in [0.15, 0.2) is 10.7 Å². The second kappa shape index (κ2) is 2.95. The second-order valence-electron chi connectivity index (χ2n) is 2.71. The highest BCUT2D eigenvalue weighted by Crippen LogP contribution is 2.12. The van der Waals surface area contributed by atoms with E-state index in [4.69, 9.17) is 0 Å². The molecule has 0 aliphatic carbocycles. The highest BCUT2D eigenvalue weighted by molar-refractivity contribution is 9.10. The summed E-state index contributed by atoms with van der Waals surface area (Å²) in [5.41, 5.74) is 1.27. The first-order chi connectivity index (χ1) is 5.36. The van der Waals surface area contributed by atoms with Gasteiger partial charge < -0.3 is 5.32 Å². The molecule has 0 saturated carbocycles. The fourth-order valence-electron chi connectivity index (χ4n) is 1.33. The van der Waals surface area contributed by atoms with Crippen LogP contribution in [-0.2, 0) is 13.1 Å². The first kappa shape index (κ1) is 7.31. The van der Waals surface area contributed by atoms with Crippen molar-refractivity contribution >= 4 is 15.9 Å². The number of nitrogens with zero attached hydrogens (tertiary/aromatic N) is 2. The lowest BCUT2D eigenvalue weighted by Gasteiger charge is -1.98. The third kappa shape index (κ3) is 1.46. The van der Waals surface area contributed by atoms with Crippen LogP contribution in [0.1, 0.15) is 12.1 Å². The van der Waals surface area contributed by atoms with Crippen LogP contribution in [0.25, 0.3) is 0 Å². The Hall–Kier alpha value is -0.350. The highest BCUT2D eigenvalue weighted by Gasteiger charge is 2.08. The summed E-state index contributed by atoms with van der Waals surface area (Å²) >= 11 is 3.36. The van der Waals surface area contributed by atoms with Crippen LogP contribution in [0, 0.1) is 0 Å². The first-order valence-electron chi connectivity index (χ1n) is 3.79. The van der Waals surface area contributed by atoms with E-state index in [-0.39, 0.29) is 0 Å². The Morgan fingerprint density at radius 1 is 1.64 bits per heavy atom. The van der Waals surface area contributed by atoms with E-state index in [1.54, 1.807) is 0 Å². The van der Waals surface area contributed by atoms with Crippen molar-refractivity contribution in [2.75, 3.05) is 6.54 Å². The minimum absolute atomic E-state index is 0.941. The van der Waals surface area contributed by atoms with Gasteiger partial charge in [-0.25, -0.2) is 0 Å². The van der Waals surface area contributed by atoms with Crippen molar-refractivity contribution in [3.8, 4) is 0 Å². The van der Waals surface area contributed by atoms with Crippen molar-refractivity contribution in [3.63, 3.8) is 0 Å². The Morgan fingerprint density at radius 3 is 3.45 bits per heavy atom. The van der Waals surface area contributed by atoms with Crippen molar-refractivity contribution < 1.29 is 0 Å². The van der Waals surface area contributed by atoms with E-state index in [2.05, 4.69) is 37.1 Å². The molecule has 1 N–H and O–H groups in total. The van der Waals surface area contributed by atoms with Gasteiger partial charge in [0.2, 0.25) is 0 Å². The van der Waals surface area contributed by atoms with Gasteiger partial charge in [0.15, 0.2) is 0 Å². The summed E-state index contributed by atoms with van der Waals surface area (Å²) in [5.74, 6) is 0. The van der Waals surface area contributed by atoms with Crippen LogP contribution in [0.4, 0.5) is 0 Å². The molecule has 60 valence electrons. The summed E-state index contributed by atoms with van der Waals surface area (Å²) < 4.78 is 3.00. The van der Waals surface area contributed by atoms with E-state index < -0.39 is 0 Å². The molecule has 1 aliphatic rings. The summed E-state index contributed by atoms with van der Waals surface area (Å²) in [5, 5.41) is 7.64. The quantitative estimate of drug-likeness (QED) is 0.704. The number of fused-ring (bicyclic) bond motifs is 1. The van der Waals surface area contributed by atoms with Crippen LogP contribution >= 0.6 is 15.9 Å². The van der Waals surface area contributed by atoms with E-state index in [0.717, 1.165) is 24.2 Å². The van der Waals surface area contributed by atoms with Gasteiger partial charge in [-0.3, -0.25) is 4.68 Å². The zero-order chi connectivity index (χ0) is 7.68. The third-order valence-corrected chi connectivity index (χ3v) is 2.25. The maximum atomic E-state index is 4.30. The molecule has 0 amide bonds. The highest BCUT2D eigenvalue weighted by atomic mass is 79.9. The Morgan fingerprint density at radius 2 is 2.55 bits per heavy atom. The summed E-state index contributed by atoms with van der Waals surface area (Å²) in [6.07, 6.45) is 1.17. The fraction of sp³-hybridized carbons (Fsp3) is 0.571. The van der Waals surface area contributed by atoms with Gasteiger partial charge in [0, 0.05) is 13.1 Å². The average molecular weight is 216 g/mol. The Bertz CT molecular complexity index is 233. The van der Waals surface area contributed by atoms with Crippen molar-refractivity contribution in [1.82, 2.24) is 15.1 Å². The molecule has 2 rings (SSSR count). The van der Waals surface area contributed by atoms with Crippen molar-refractivity contribution in [2.24, 2.45) is 0 Å². The lowest BCUT2D eigenvalue weighted by Crippen LogP contribution is -2.11. The van der Waals surface area contributed by atoms with E-state index in [1.807, 2.05) is 0 Å². The first-order valence-corrected chi connectivity index (χ1v) is 4.58. The zero-order valence-corrected chi connectivity index (χ0v) is 7.76. The van der Waals surface area contributed by atoms with E-state index in [9.17, 15) is 0 Å². The number of nitrogens with one attached hydrogen (secondary N) is 1. The molecule has 1 aromatic heterocycles. The minimum atomic E-state index is 0.941. The van der Waals surface area contributed by atoms with E-state index in [0.29, 0.717) is 0 Å². The predicted molar refractivity (Wildman–Crippen MR) is 46.3 cm³/mol. The fourth-order valence-corrected chi connectivity index (χ4v) is 1.78. The molecule has 11 heavy (non-hydrogen) atoms. The number of hydrogen-bond acceptors (Lipinski definition) is 2. The van der Waals surface area contributed by atoms with Gasteiger partial charge in [-0.15, -0.1) is 0 Å². The Balaban J connectivity index is 2.32. The Labute approximate surface area is 73.9 Å². The van der Waals surface area contributed by atoms with Crippen molar-refractivity contribution in [3.05, 3.63) is 16.4 Å². The SMILES string of the molecule is Brc1cc2n(n1)CCCNC2. The maximum Gasteiger partial charge on any atom is 0.128 e. The molecule has 0 aromatic carbocycles. The van der Waals surface area contributed by atoms with Gasteiger partial charge in [0.05, 0.1) is 5.69 Å². The molecule has 3 nitrogen and oxygen atoms in total. The van der Waals surface area contributed by atoms with E-state index in [1.165, 1.54) is 12.1 Å². The summed E-state index contributed by atoms with van der Waals surface area (Å²) in [6, 6.07) is 2.07. The van der Waals surface area contributed by atoms with Gasteiger partial charge in [-0.2, -0.15) is 5.10 Å². The lowest BCUT2D eigenvalue weighted by molar-refractivity contribution is 0.584. The molecular weight excluding hydrogens is 206 g/mol. The molecule has 1 aromatic rings. The number of aromatic nitrogens is 2. The predicted octanol–water partition coefficient (Wildman–Crippen LogP) is 1.14. The van der Waals surface area contributed by atoms with Gasteiger partial charge >= 0.3 is 0 Å².